The molecule has 1 unspecified atom stereocenters. The molecule has 2 atom stereocenters. The molecule has 1 N–H and O–H groups in total. The molecule has 164 valence electrons. The zero-order valence-corrected chi connectivity index (χ0v) is 19.1. The van der Waals surface area contributed by atoms with Crippen LogP contribution in [0.1, 0.15) is 23.0 Å². The largest absolute Gasteiger partial charge is 0.497 e. The smallest absolute Gasteiger partial charge is 0.219 e. The van der Waals surface area contributed by atoms with E-state index >= 15 is 0 Å². The maximum absolute atomic E-state index is 13.4. The molecule has 6 nitrogen and oxygen atoms in total. The number of hydrogen-bond donors (Lipinski definition) is 1. The van der Waals surface area contributed by atoms with Gasteiger partial charge < -0.3 is 23.8 Å². The van der Waals surface area contributed by atoms with E-state index in [9.17, 15) is 4.79 Å². The van der Waals surface area contributed by atoms with Crippen molar-refractivity contribution < 1.29 is 19.2 Å². The second-order valence-corrected chi connectivity index (χ2v) is 8.45. The van der Waals surface area contributed by atoms with Gasteiger partial charge in [-0.2, -0.15) is 0 Å². The van der Waals surface area contributed by atoms with Crippen LogP contribution in [0.15, 0.2) is 42.5 Å². The molecule has 2 aromatic carbocycles. The summed E-state index contributed by atoms with van der Waals surface area (Å²) in [5.74, 6) is 1.85. The molecule has 0 amide bonds. The van der Waals surface area contributed by atoms with Gasteiger partial charge in [-0.05, 0) is 44.2 Å². The van der Waals surface area contributed by atoms with Crippen LogP contribution in [-0.4, -0.2) is 56.8 Å². The summed E-state index contributed by atoms with van der Waals surface area (Å²) in [5, 5.41) is 0.979. The van der Waals surface area contributed by atoms with Crippen molar-refractivity contribution in [2.24, 2.45) is 7.05 Å². The van der Waals surface area contributed by atoms with Gasteiger partial charge in [0.05, 0.1) is 45.5 Å². The third-order valence-corrected chi connectivity index (χ3v) is 6.60. The van der Waals surface area contributed by atoms with Crippen LogP contribution >= 0.6 is 0 Å². The summed E-state index contributed by atoms with van der Waals surface area (Å²) in [6.07, 6.45) is 0. The molecule has 1 aliphatic rings. The number of carbonyl (C=O) groups excluding carboxylic acids is 1. The van der Waals surface area contributed by atoms with Gasteiger partial charge in [-0.15, -0.1) is 0 Å². The van der Waals surface area contributed by atoms with Crippen molar-refractivity contribution >= 4 is 22.4 Å². The number of nitrogens with zero attached hydrogens (tertiary/aromatic N) is 2. The van der Waals surface area contributed by atoms with Gasteiger partial charge in [0, 0.05) is 35.4 Å². The quantitative estimate of drug-likeness (QED) is 0.620. The number of quaternary nitrogens is 1. The summed E-state index contributed by atoms with van der Waals surface area (Å²) in [5.41, 5.74) is 4.07. The van der Waals surface area contributed by atoms with E-state index in [1.54, 1.807) is 14.2 Å². The summed E-state index contributed by atoms with van der Waals surface area (Å²) in [7, 11) is 5.37. The Morgan fingerprint density at radius 2 is 1.87 bits per heavy atom. The van der Waals surface area contributed by atoms with Crippen LogP contribution in [0.4, 0.5) is 5.69 Å². The molecule has 0 spiro atoms. The molecule has 1 aromatic heterocycles. The van der Waals surface area contributed by atoms with Gasteiger partial charge in [-0.25, -0.2) is 0 Å². The Morgan fingerprint density at radius 3 is 2.58 bits per heavy atom. The summed E-state index contributed by atoms with van der Waals surface area (Å²) in [6.45, 7) is 7.54. The third kappa shape index (κ3) is 4.00. The Kier molecular flexibility index (Phi) is 5.92. The van der Waals surface area contributed by atoms with Crippen molar-refractivity contribution in [3.05, 3.63) is 53.7 Å². The Morgan fingerprint density at radius 1 is 1.13 bits per heavy atom. The lowest BCUT2D eigenvalue weighted by molar-refractivity contribution is -0.894. The summed E-state index contributed by atoms with van der Waals surface area (Å²) in [6, 6.07) is 14.5. The fourth-order valence-corrected chi connectivity index (χ4v) is 4.81. The number of ketones is 1. The number of methoxy groups -OCH3 is 2. The zero-order chi connectivity index (χ0) is 22.1. The normalized spacial score (nSPS) is 18.9. The highest BCUT2D eigenvalue weighted by molar-refractivity contribution is 6.10. The number of rotatable bonds is 6. The number of Topliss-reactive ketones (excluding diaryl/α,β-unsaturated/α-hetero) is 1. The molecular formula is C25H32N3O3+. The molecular weight excluding hydrogens is 390 g/mol. The van der Waals surface area contributed by atoms with Gasteiger partial charge >= 0.3 is 0 Å². The van der Waals surface area contributed by atoms with E-state index in [0.717, 1.165) is 53.3 Å². The molecule has 0 aliphatic carbocycles. The molecule has 0 bridgehead atoms. The minimum atomic E-state index is 0.202. The highest BCUT2D eigenvalue weighted by Crippen LogP contribution is 2.29. The molecule has 1 fully saturated rings. The van der Waals surface area contributed by atoms with Crippen molar-refractivity contribution in [1.82, 2.24) is 4.57 Å². The number of fused-ring (bicyclic) bond motifs is 1. The van der Waals surface area contributed by atoms with E-state index in [0.29, 0.717) is 12.6 Å². The van der Waals surface area contributed by atoms with Crippen molar-refractivity contribution in [1.29, 1.82) is 0 Å². The lowest BCUT2D eigenvalue weighted by atomic mass is 10.0. The van der Waals surface area contributed by atoms with E-state index < -0.39 is 0 Å². The van der Waals surface area contributed by atoms with E-state index in [2.05, 4.69) is 28.5 Å². The number of anilines is 1. The van der Waals surface area contributed by atoms with Crippen LogP contribution in [0.3, 0.4) is 0 Å². The van der Waals surface area contributed by atoms with Gasteiger partial charge in [0.2, 0.25) is 5.78 Å². The SMILES string of the molecule is COc1cccc(N2CC[NH+](CC(=O)c3c(C)n(C)c4ccc(OC)cc34)C[C@@H]2C)c1. The Balaban J connectivity index is 1.51. The van der Waals surface area contributed by atoms with Crippen LogP contribution in [0.5, 0.6) is 11.5 Å². The molecule has 0 radical (unpaired) electrons. The van der Waals surface area contributed by atoms with E-state index in [1.807, 2.05) is 44.3 Å². The first-order valence-electron chi connectivity index (χ1n) is 10.8. The van der Waals surface area contributed by atoms with E-state index in [4.69, 9.17) is 9.47 Å². The van der Waals surface area contributed by atoms with Crippen LogP contribution in [0.25, 0.3) is 10.9 Å². The lowest BCUT2D eigenvalue weighted by Gasteiger charge is -2.38. The fraction of sp³-hybridized carbons (Fsp3) is 0.400. The highest BCUT2D eigenvalue weighted by Gasteiger charge is 2.30. The predicted octanol–water partition coefficient (Wildman–Crippen LogP) is 2.48. The second kappa shape index (κ2) is 8.63. The first-order chi connectivity index (χ1) is 14.9. The van der Waals surface area contributed by atoms with Crippen molar-refractivity contribution in [3.8, 4) is 11.5 Å². The summed E-state index contributed by atoms with van der Waals surface area (Å²) >= 11 is 0. The Bertz CT molecular complexity index is 1100. The molecule has 1 aliphatic heterocycles. The average molecular weight is 423 g/mol. The van der Waals surface area contributed by atoms with E-state index in [-0.39, 0.29) is 5.78 Å². The number of aromatic nitrogens is 1. The van der Waals surface area contributed by atoms with Crippen LogP contribution in [0, 0.1) is 6.92 Å². The average Bonchev–Trinajstić information content (AvgIpc) is 3.03. The van der Waals surface area contributed by atoms with Crippen molar-refractivity contribution in [2.45, 2.75) is 19.9 Å². The molecule has 4 rings (SSSR count). The summed E-state index contributed by atoms with van der Waals surface area (Å²) in [4.78, 5) is 17.1. The zero-order valence-electron chi connectivity index (χ0n) is 19.1. The highest BCUT2D eigenvalue weighted by atomic mass is 16.5. The topological polar surface area (TPSA) is 48.1 Å². The monoisotopic (exact) mass is 422 g/mol. The van der Waals surface area contributed by atoms with Crippen LogP contribution in [-0.2, 0) is 7.05 Å². The fourth-order valence-electron chi connectivity index (χ4n) is 4.81. The van der Waals surface area contributed by atoms with Crippen LogP contribution in [0.2, 0.25) is 0 Å². The number of aryl methyl sites for hydroxylation is 1. The minimum Gasteiger partial charge on any atom is -0.497 e. The van der Waals surface area contributed by atoms with Gasteiger partial charge in [0.25, 0.3) is 0 Å². The maximum Gasteiger partial charge on any atom is 0.219 e. The number of nitrogens with one attached hydrogen (secondary N) is 1. The third-order valence-electron chi connectivity index (χ3n) is 6.60. The van der Waals surface area contributed by atoms with Gasteiger partial charge in [-0.3, -0.25) is 4.79 Å². The molecule has 3 aromatic rings. The Labute approximate surface area is 184 Å². The standard InChI is InChI=1S/C25H31N3O3/c1-17-15-27(11-12-28(17)19-7-6-8-20(13-19)30-4)16-24(29)25-18(2)26(3)23-10-9-21(31-5)14-22(23)25/h6-10,13-14,17H,11-12,15-16H2,1-5H3/p+1/t17-/m0/s1. The minimum absolute atomic E-state index is 0.202. The van der Waals surface area contributed by atoms with Gasteiger partial charge in [0.1, 0.15) is 18.0 Å². The van der Waals surface area contributed by atoms with Crippen molar-refractivity contribution in [2.75, 3.05) is 45.3 Å². The number of ether oxygens (including phenoxy) is 2. The number of piperazine rings is 1. The first kappa shape index (κ1) is 21.2. The molecule has 6 heteroatoms. The molecule has 1 saturated heterocycles. The molecule has 2 heterocycles. The molecule has 31 heavy (non-hydrogen) atoms. The summed E-state index contributed by atoms with van der Waals surface area (Å²) < 4.78 is 12.9. The first-order valence-corrected chi connectivity index (χ1v) is 10.8. The van der Waals surface area contributed by atoms with Crippen LogP contribution < -0.4 is 19.3 Å². The van der Waals surface area contributed by atoms with Gasteiger partial charge in [0.15, 0.2) is 0 Å². The number of carbonyl (C=O) groups is 1. The predicted molar refractivity (Wildman–Crippen MR) is 124 cm³/mol. The second-order valence-electron chi connectivity index (χ2n) is 8.45. The maximum atomic E-state index is 13.4. The molecule has 0 saturated carbocycles. The van der Waals surface area contributed by atoms with Gasteiger partial charge in [-0.1, -0.05) is 6.07 Å². The Hall–Kier alpha value is -2.99. The number of benzene rings is 2. The lowest BCUT2D eigenvalue weighted by Crippen LogP contribution is -3.16. The van der Waals surface area contributed by atoms with E-state index in [1.165, 1.54) is 10.6 Å². The number of hydrogen-bond acceptors (Lipinski definition) is 4. The van der Waals surface area contributed by atoms with Crippen molar-refractivity contribution in [3.63, 3.8) is 0 Å².